The SMILES string of the molecule is CC(C)C[C@H](N)C(=O)N1CCN(C(=O)c2ccccc2OC(F)F)CC1. The zero-order valence-corrected chi connectivity index (χ0v) is 15.0. The number of nitrogens with zero attached hydrogens (tertiary/aromatic N) is 2. The van der Waals surface area contributed by atoms with E-state index >= 15 is 0 Å². The molecule has 2 rings (SSSR count). The van der Waals surface area contributed by atoms with Crippen LogP contribution in [-0.4, -0.2) is 60.4 Å². The van der Waals surface area contributed by atoms with E-state index < -0.39 is 12.7 Å². The smallest absolute Gasteiger partial charge is 0.387 e. The molecule has 2 N–H and O–H groups in total. The molecular formula is C18H25F2N3O3. The molecule has 1 aliphatic heterocycles. The van der Waals surface area contributed by atoms with Crippen molar-refractivity contribution in [3.63, 3.8) is 0 Å². The molecule has 26 heavy (non-hydrogen) atoms. The average molecular weight is 369 g/mol. The number of hydrogen-bond acceptors (Lipinski definition) is 4. The Balaban J connectivity index is 1.98. The first-order valence-electron chi connectivity index (χ1n) is 8.67. The number of halogens is 2. The fourth-order valence-electron chi connectivity index (χ4n) is 2.99. The molecule has 2 amide bonds. The van der Waals surface area contributed by atoms with Crippen LogP contribution in [0.1, 0.15) is 30.6 Å². The zero-order chi connectivity index (χ0) is 19.3. The highest BCUT2D eigenvalue weighted by atomic mass is 19.3. The van der Waals surface area contributed by atoms with Crippen LogP contribution in [0.5, 0.6) is 5.75 Å². The first-order chi connectivity index (χ1) is 12.3. The maximum atomic E-state index is 12.6. The molecule has 0 unspecified atom stereocenters. The summed E-state index contributed by atoms with van der Waals surface area (Å²) in [5.41, 5.74) is 6.03. The second-order valence-electron chi connectivity index (χ2n) is 6.73. The molecule has 0 saturated carbocycles. The Morgan fingerprint density at radius 2 is 1.69 bits per heavy atom. The number of para-hydroxylation sites is 1. The van der Waals surface area contributed by atoms with Gasteiger partial charge in [0, 0.05) is 26.2 Å². The van der Waals surface area contributed by atoms with Gasteiger partial charge in [-0.2, -0.15) is 8.78 Å². The van der Waals surface area contributed by atoms with Gasteiger partial charge in [0.05, 0.1) is 11.6 Å². The van der Waals surface area contributed by atoms with Crippen molar-refractivity contribution in [3.8, 4) is 5.75 Å². The third kappa shape index (κ3) is 5.14. The van der Waals surface area contributed by atoms with Gasteiger partial charge >= 0.3 is 6.61 Å². The summed E-state index contributed by atoms with van der Waals surface area (Å²) in [6, 6.07) is 5.37. The highest BCUT2D eigenvalue weighted by Gasteiger charge is 2.29. The van der Waals surface area contributed by atoms with Crippen LogP contribution in [0.15, 0.2) is 24.3 Å². The predicted molar refractivity (Wildman–Crippen MR) is 93.0 cm³/mol. The summed E-state index contributed by atoms with van der Waals surface area (Å²) < 4.78 is 29.4. The lowest BCUT2D eigenvalue weighted by atomic mass is 10.0. The lowest BCUT2D eigenvalue weighted by Crippen LogP contribution is -2.54. The number of piperazine rings is 1. The summed E-state index contributed by atoms with van der Waals surface area (Å²) in [7, 11) is 0. The van der Waals surface area contributed by atoms with E-state index in [-0.39, 0.29) is 23.1 Å². The minimum Gasteiger partial charge on any atom is -0.434 e. The Hall–Kier alpha value is -2.22. The van der Waals surface area contributed by atoms with E-state index in [4.69, 9.17) is 5.73 Å². The molecule has 1 heterocycles. The lowest BCUT2D eigenvalue weighted by Gasteiger charge is -2.36. The number of ether oxygens (including phenoxy) is 1. The standard InChI is InChI=1S/C18H25F2N3O3/c1-12(2)11-14(21)17(25)23-9-7-22(8-10-23)16(24)13-5-3-4-6-15(13)26-18(19)20/h3-6,12,14,18H,7-11,21H2,1-2H3/t14-/m0/s1. The van der Waals surface area contributed by atoms with Gasteiger partial charge in [-0.25, -0.2) is 0 Å². The van der Waals surface area contributed by atoms with Gasteiger partial charge in [-0.1, -0.05) is 26.0 Å². The minimum atomic E-state index is -3.00. The first-order valence-corrected chi connectivity index (χ1v) is 8.67. The molecule has 1 fully saturated rings. The van der Waals surface area contributed by atoms with Crippen LogP contribution in [0.25, 0.3) is 0 Å². The third-order valence-corrected chi connectivity index (χ3v) is 4.25. The predicted octanol–water partition coefficient (Wildman–Crippen LogP) is 1.95. The van der Waals surface area contributed by atoms with Gasteiger partial charge in [-0.3, -0.25) is 9.59 Å². The highest BCUT2D eigenvalue weighted by molar-refractivity contribution is 5.97. The van der Waals surface area contributed by atoms with Crippen molar-refractivity contribution in [1.82, 2.24) is 9.80 Å². The molecule has 0 aromatic heterocycles. The summed E-state index contributed by atoms with van der Waals surface area (Å²) in [5.74, 6) is -0.333. The van der Waals surface area contributed by atoms with E-state index in [9.17, 15) is 18.4 Å². The summed E-state index contributed by atoms with van der Waals surface area (Å²) >= 11 is 0. The van der Waals surface area contributed by atoms with E-state index in [0.29, 0.717) is 38.5 Å². The second-order valence-corrected chi connectivity index (χ2v) is 6.73. The van der Waals surface area contributed by atoms with Crippen molar-refractivity contribution < 1.29 is 23.1 Å². The number of alkyl halides is 2. The molecule has 1 aliphatic rings. The van der Waals surface area contributed by atoms with Gasteiger partial charge in [0.15, 0.2) is 0 Å². The number of amides is 2. The van der Waals surface area contributed by atoms with Gasteiger partial charge in [0.25, 0.3) is 5.91 Å². The van der Waals surface area contributed by atoms with E-state index in [2.05, 4.69) is 4.74 Å². The summed E-state index contributed by atoms with van der Waals surface area (Å²) in [6.45, 7) is 2.39. The van der Waals surface area contributed by atoms with Gasteiger partial charge in [0.2, 0.25) is 5.91 Å². The third-order valence-electron chi connectivity index (χ3n) is 4.25. The quantitative estimate of drug-likeness (QED) is 0.832. The van der Waals surface area contributed by atoms with Crippen molar-refractivity contribution >= 4 is 11.8 Å². The highest BCUT2D eigenvalue weighted by Crippen LogP contribution is 2.22. The number of carbonyl (C=O) groups is 2. The lowest BCUT2D eigenvalue weighted by molar-refractivity contribution is -0.134. The zero-order valence-electron chi connectivity index (χ0n) is 15.0. The largest absolute Gasteiger partial charge is 0.434 e. The number of nitrogens with two attached hydrogens (primary N) is 1. The van der Waals surface area contributed by atoms with Crippen molar-refractivity contribution in [2.45, 2.75) is 32.9 Å². The van der Waals surface area contributed by atoms with Crippen LogP contribution in [0, 0.1) is 5.92 Å². The van der Waals surface area contributed by atoms with Crippen molar-refractivity contribution in [2.24, 2.45) is 11.7 Å². The molecule has 0 spiro atoms. The van der Waals surface area contributed by atoms with Crippen molar-refractivity contribution in [1.29, 1.82) is 0 Å². The number of benzene rings is 1. The molecule has 0 aliphatic carbocycles. The Labute approximate surface area is 151 Å². The van der Waals surface area contributed by atoms with Crippen LogP contribution in [0.2, 0.25) is 0 Å². The topological polar surface area (TPSA) is 75.9 Å². The Bertz CT molecular complexity index is 632. The first kappa shape index (κ1) is 20.1. The normalized spacial score (nSPS) is 16.1. The molecule has 8 heteroatoms. The summed E-state index contributed by atoms with van der Waals surface area (Å²) in [4.78, 5) is 28.2. The van der Waals surface area contributed by atoms with Gasteiger partial charge in [0.1, 0.15) is 5.75 Å². The molecule has 1 aromatic rings. The molecule has 144 valence electrons. The van der Waals surface area contributed by atoms with Crippen LogP contribution in [-0.2, 0) is 4.79 Å². The van der Waals surface area contributed by atoms with E-state index in [1.807, 2.05) is 13.8 Å². The molecule has 1 atom stereocenters. The Morgan fingerprint density at radius 3 is 2.27 bits per heavy atom. The van der Waals surface area contributed by atoms with Crippen LogP contribution in [0.4, 0.5) is 8.78 Å². The van der Waals surface area contributed by atoms with E-state index in [0.717, 1.165) is 0 Å². The van der Waals surface area contributed by atoms with Crippen molar-refractivity contribution in [3.05, 3.63) is 29.8 Å². The minimum absolute atomic E-state index is 0.0871. The van der Waals surface area contributed by atoms with Crippen molar-refractivity contribution in [2.75, 3.05) is 26.2 Å². The van der Waals surface area contributed by atoms with E-state index in [1.54, 1.807) is 11.0 Å². The van der Waals surface area contributed by atoms with Crippen LogP contribution < -0.4 is 10.5 Å². The molecule has 0 bridgehead atoms. The second kappa shape index (κ2) is 8.93. The maximum absolute atomic E-state index is 12.6. The molecule has 0 radical (unpaired) electrons. The number of rotatable bonds is 6. The average Bonchev–Trinajstić information content (AvgIpc) is 2.60. The fourth-order valence-corrected chi connectivity index (χ4v) is 2.99. The maximum Gasteiger partial charge on any atom is 0.387 e. The number of hydrogen-bond donors (Lipinski definition) is 1. The van der Waals surface area contributed by atoms with Crippen LogP contribution >= 0.6 is 0 Å². The van der Waals surface area contributed by atoms with Gasteiger partial charge in [-0.15, -0.1) is 0 Å². The summed E-state index contributed by atoms with van der Waals surface area (Å²) in [6.07, 6.45) is 0.607. The molecule has 6 nitrogen and oxygen atoms in total. The summed E-state index contributed by atoms with van der Waals surface area (Å²) in [5, 5.41) is 0. The fraction of sp³-hybridized carbons (Fsp3) is 0.556. The molecule has 1 saturated heterocycles. The van der Waals surface area contributed by atoms with E-state index in [1.165, 1.54) is 23.1 Å². The number of carbonyl (C=O) groups excluding carboxylic acids is 2. The van der Waals surface area contributed by atoms with Gasteiger partial charge < -0.3 is 20.3 Å². The monoisotopic (exact) mass is 369 g/mol. The molecular weight excluding hydrogens is 344 g/mol. The van der Waals surface area contributed by atoms with Crippen LogP contribution in [0.3, 0.4) is 0 Å². The molecule has 1 aromatic carbocycles. The van der Waals surface area contributed by atoms with Gasteiger partial charge in [-0.05, 0) is 24.5 Å². The Kier molecular flexibility index (Phi) is 6.90. The Morgan fingerprint density at radius 1 is 1.12 bits per heavy atom.